The second kappa shape index (κ2) is 3.54. The van der Waals surface area contributed by atoms with Crippen molar-refractivity contribution in [3.05, 3.63) is 24.3 Å². The maximum atomic E-state index is 8.80. The second-order valence-electron chi connectivity index (χ2n) is 2.46. The molecule has 0 radical (unpaired) electrons. The number of aliphatic hydroxyl groups is 2. The van der Waals surface area contributed by atoms with Gasteiger partial charge in [-0.15, -0.1) is 0 Å². The zero-order valence-electron chi connectivity index (χ0n) is 5.77. The molecule has 0 aromatic heterocycles. The number of aliphatic hydroxyl groups excluding tert-OH is 2. The highest BCUT2D eigenvalue weighted by Crippen LogP contribution is 2.17. The van der Waals surface area contributed by atoms with E-state index in [2.05, 4.69) is 0 Å². The van der Waals surface area contributed by atoms with Crippen LogP contribution < -0.4 is 0 Å². The lowest BCUT2D eigenvalue weighted by Crippen LogP contribution is -2.19. The van der Waals surface area contributed by atoms with Crippen LogP contribution in [-0.4, -0.2) is 23.4 Å². The van der Waals surface area contributed by atoms with Gasteiger partial charge in [-0.2, -0.15) is 0 Å². The molecule has 0 aliphatic heterocycles. The fraction of sp³-hybridized carbons (Fsp3) is 0.500. The van der Waals surface area contributed by atoms with Gasteiger partial charge in [-0.25, -0.2) is 0 Å². The predicted octanol–water partition coefficient (Wildman–Crippen LogP) is 0.329. The predicted molar refractivity (Wildman–Crippen MR) is 39.4 cm³/mol. The molecule has 0 aromatic carbocycles. The molecule has 0 saturated carbocycles. The van der Waals surface area contributed by atoms with E-state index < -0.39 is 0 Å². The molecule has 0 bridgehead atoms. The molecule has 1 aliphatic carbocycles. The molecule has 10 heavy (non-hydrogen) atoms. The van der Waals surface area contributed by atoms with Crippen molar-refractivity contribution in [3.63, 3.8) is 0 Å². The van der Waals surface area contributed by atoms with Crippen LogP contribution in [0.4, 0.5) is 0 Å². The monoisotopic (exact) mass is 140 g/mol. The third-order valence-electron chi connectivity index (χ3n) is 1.80. The lowest BCUT2D eigenvalue weighted by molar-refractivity contribution is 0.169. The zero-order valence-corrected chi connectivity index (χ0v) is 5.77. The van der Waals surface area contributed by atoms with E-state index in [0.717, 1.165) is 0 Å². The summed E-state index contributed by atoms with van der Waals surface area (Å²) in [6.07, 6.45) is 7.63. The van der Waals surface area contributed by atoms with Crippen LogP contribution in [0.15, 0.2) is 24.3 Å². The highest BCUT2D eigenvalue weighted by Gasteiger charge is 2.15. The van der Waals surface area contributed by atoms with Crippen LogP contribution in [0, 0.1) is 11.8 Å². The third kappa shape index (κ3) is 1.46. The van der Waals surface area contributed by atoms with Crippen LogP contribution in [0.5, 0.6) is 0 Å². The van der Waals surface area contributed by atoms with Crippen molar-refractivity contribution in [1.82, 2.24) is 0 Å². The van der Waals surface area contributed by atoms with Gasteiger partial charge in [0, 0.05) is 25.0 Å². The molecule has 0 heterocycles. The van der Waals surface area contributed by atoms with Gasteiger partial charge in [0.15, 0.2) is 0 Å². The summed E-state index contributed by atoms with van der Waals surface area (Å²) in [5.41, 5.74) is 0. The van der Waals surface area contributed by atoms with E-state index in [0.29, 0.717) is 0 Å². The van der Waals surface area contributed by atoms with Gasteiger partial charge in [0.2, 0.25) is 0 Å². The summed E-state index contributed by atoms with van der Waals surface area (Å²) in [6.45, 7) is 0.234. The first-order valence-corrected chi connectivity index (χ1v) is 3.45. The lowest BCUT2D eigenvalue weighted by atomic mass is 9.90. The van der Waals surface area contributed by atoms with E-state index >= 15 is 0 Å². The van der Waals surface area contributed by atoms with Crippen LogP contribution in [0.3, 0.4) is 0 Å². The third-order valence-corrected chi connectivity index (χ3v) is 1.80. The quantitative estimate of drug-likeness (QED) is 0.580. The Morgan fingerprint density at radius 3 is 1.60 bits per heavy atom. The first-order chi connectivity index (χ1) is 4.88. The molecule has 2 nitrogen and oxygen atoms in total. The number of hydrogen-bond donors (Lipinski definition) is 2. The Morgan fingerprint density at radius 2 is 1.30 bits per heavy atom. The first kappa shape index (κ1) is 7.51. The van der Waals surface area contributed by atoms with Crippen molar-refractivity contribution in [2.24, 2.45) is 11.8 Å². The Morgan fingerprint density at radius 1 is 0.900 bits per heavy atom. The molecule has 0 saturated heterocycles. The molecule has 0 amide bonds. The topological polar surface area (TPSA) is 40.5 Å². The summed E-state index contributed by atoms with van der Waals surface area (Å²) >= 11 is 0. The minimum Gasteiger partial charge on any atom is -0.396 e. The maximum Gasteiger partial charge on any atom is 0.0500 e. The van der Waals surface area contributed by atoms with Gasteiger partial charge in [-0.1, -0.05) is 24.3 Å². The molecule has 1 aliphatic rings. The molecule has 0 spiro atoms. The van der Waals surface area contributed by atoms with Crippen LogP contribution in [0.2, 0.25) is 0 Å². The average Bonchev–Trinajstić information content (AvgIpc) is 2.04. The van der Waals surface area contributed by atoms with Crippen molar-refractivity contribution in [2.75, 3.05) is 13.2 Å². The molecule has 2 atom stereocenters. The van der Waals surface area contributed by atoms with Gasteiger partial charge in [0.1, 0.15) is 0 Å². The second-order valence-corrected chi connectivity index (χ2v) is 2.46. The highest BCUT2D eigenvalue weighted by atomic mass is 16.3. The molecule has 0 unspecified atom stereocenters. The van der Waals surface area contributed by atoms with Crippen LogP contribution in [-0.2, 0) is 0 Å². The maximum absolute atomic E-state index is 8.80. The van der Waals surface area contributed by atoms with E-state index in [1.165, 1.54) is 0 Å². The first-order valence-electron chi connectivity index (χ1n) is 3.45. The Labute approximate surface area is 60.5 Å². The summed E-state index contributed by atoms with van der Waals surface area (Å²) in [6, 6.07) is 0. The van der Waals surface area contributed by atoms with Crippen molar-refractivity contribution >= 4 is 0 Å². The SMILES string of the molecule is OC[C@H]1C=CC=C[C@H]1CO. The summed E-state index contributed by atoms with van der Waals surface area (Å²) in [4.78, 5) is 0. The number of hydrogen-bond acceptors (Lipinski definition) is 2. The van der Waals surface area contributed by atoms with E-state index in [1.807, 2.05) is 24.3 Å². The molecule has 1 rings (SSSR count). The molecular weight excluding hydrogens is 128 g/mol. The van der Waals surface area contributed by atoms with Crippen LogP contribution >= 0.6 is 0 Å². The summed E-state index contributed by atoms with van der Waals surface area (Å²) in [5, 5.41) is 17.6. The highest BCUT2D eigenvalue weighted by molar-refractivity contribution is 5.14. The number of rotatable bonds is 2. The van der Waals surface area contributed by atoms with Crippen molar-refractivity contribution in [2.45, 2.75) is 0 Å². The van der Waals surface area contributed by atoms with Crippen molar-refractivity contribution < 1.29 is 10.2 Å². The lowest BCUT2D eigenvalue weighted by Gasteiger charge is -2.19. The van der Waals surface area contributed by atoms with E-state index in [1.54, 1.807) is 0 Å². The number of allylic oxidation sites excluding steroid dienone is 2. The Balaban J connectivity index is 2.55. The zero-order chi connectivity index (χ0) is 7.40. The molecular formula is C8H12O2. The van der Waals surface area contributed by atoms with Gasteiger partial charge >= 0.3 is 0 Å². The largest absolute Gasteiger partial charge is 0.396 e. The Hall–Kier alpha value is -0.600. The Kier molecular flexibility index (Phi) is 2.66. The van der Waals surface area contributed by atoms with E-state index in [-0.39, 0.29) is 25.0 Å². The average molecular weight is 140 g/mol. The van der Waals surface area contributed by atoms with Gasteiger partial charge in [0.25, 0.3) is 0 Å². The van der Waals surface area contributed by atoms with E-state index in [4.69, 9.17) is 10.2 Å². The Bertz CT molecular complexity index is 131. The summed E-state index contributed by atoms with van der Waals surface area (Å²) in [5.74, 6) is 0.213. The van der Waals surface area contributed by atoms with E-state index in [9.17, 15) is 0 Å². The van der Waals surface area contributed by atoms with Gasteiger partial charge in [-0.3, -0.25) is 0 Å². The molecule has 0 aromatic rings. The normalized spacial score (nSPS) is 31.0. The summed E-state index contributed by atoms with van der Waals surface area (Å²) in [7, 11) is 0. The van der Waals surface area contributed by atoms with Gasteiger partial charge < -0.3 is 10.2 Å². The minimum atomic E-state index is 0.106. The van der Waals surface area contributed by atoms with Crippen LogP contribution in [0.1, 0.15) is 0 Å². The smallest absolute Gasteiger partial charge is 0.0500 e. The van der Waals surface area contributed by atoms with Crippen molar-refractivity contribution in [3.8, 4) is 0 Å². The molecule has 2 heteroatoms. The van der Waals surface area contributed by atoms with Crippen LogP contribution in [0.25, 0.3) is 0 Å². The molecule has 56 valence electrons. The van der Waals surface area contributed by atoms with Crippen molar-refractivity contribution in [1.29, 1.82) is 0 Å². The minimum absolute atomic E-state index is 0.106. The standard InChI is InChI=1S/C8H12O2/c9-5-7-3-1-2-4-8(7)6-10/h1-4,7-10H,5-6H2/t7-,8+. The van der Waals surface area contributed by atoms with Gasteiger partial charge in [0.05, 0.1) is 0 Å². The molecule has 2 N–H and O–H groups in total. The fourth-order valence-corrected chi connectivity index (χ4v) is 1.09. The fourth-order valence-electron chi connectivity index (χ4n) is 1.09. The summed E-state index contributed by atoms with van der Waals surface area (Å²) < 4.78 is 0. The molecule has 0 fully saturated rings. The van der Waals surface area contributed by atoms with Gasteiger partial charge in [-0.05, 0) is 0 Å².